The molecule has 1 saturated heterocycles. The number of hydrogen-bond acceptors (Lipinski definition) is 2. The van der Waals surface area contributed by atoms with E-state index in [2.05, 4.69) is 5.32 Å². The van der Waals surface area contributed by atoms with Gasteiger partial charge in [-0.1, -0.05) is 12.1 Å². The first-order valence-electron chi connectivity index (χ1n) is 7.42. The van der Waals surface area contributed by atoms with E-state index in [1.54, 1.807) is 24.0 Å². The SMILES string of the molecule is Cc1cc([C@@H](C)NC(=O)N2CCC(C(=O)O)CC2)ccc1F. The van der Waals surface area contributed by atoms with E-state index in [0.29, 0.717) is 31.5 Å². The standard InChI is InChI=1S/C16H21FN2O3/c1-10-9-13(3-4-14(10)17)11(2)18-16(22)19-7-5-12(6-8-19)15(20)21/h3-4,9,11-12H,5-8H2,1-2H3,(H,18,22)(H,20,21)/t11-/m1/s1. The first-order valence-corrected chi connectivity index (χ1v) is 7.42. The van der Waals surface area contributed by atoms with E-state index in [-0.39, 0.29) is 23.8 Å². The number of piperidine rings is 1. The molecular weight excluding hydrogens is 287 g/mol. The van der Waals surface area contributed by atoms with Crippen molar-refractivity contribution in [1.82, 2.24) is 10.2 Å². The number of rotatable bonds is 3. The molecule has 0 bridgehead atoms. The predicted molar refractivity (Wildman–Crippen MR) is 80.0 cm³/mol. The molecule has 0 aromatic heterocycles. The molecule has 5 nitrogen and oxygen atoms in total. The normalized spacial score (nSPS) is 17.1. The van der Waals surface area contributed by atoms with Gasteiger partial charge in [0.05, 0.1) is 12.0 Å². The van der Waals surface area contributed by atoms with Crippen LogP contribution in [0.25, 0.3) is 0 Å². The number of benzene rings is 1. The number of urea groups is 1. The Morgan fingerprint density at radius 2 is 2.00 bits per heavy atom. The number of amides is 2. The van der Waals surface area contributed by atoms with E-state index >= 15 is 0 Å². The number of carboxylic acids is 1. The molecule has 120 valence electrons. The lowest BCUT2D eigenvalue weighted by Crippen LogP contribution is -2.46. The van der Waals surface area contributed by atoms with Crippen molar-refractivity contribution in [2.45, 2.75) is 32.7 Å². The van der Waals surface area contributed by atoms with Crippen LogP contribution in [0, 0.1) is 18.7 Å². The quantitative estimate of drug-likeness (QED) is 0.902. The van der Waals surface area contributed by atoms with Gasteiger partial charge in [0.15, 0.2) is 0 Å². The first-order chi connectivity index (χ1) is 10.4. The Morgan fingerprint density at radius 3 is 2.55 bits per heavy atom. The molecule has 2 N–H and O–H groups in total. The van der Waals surface area contributed by atoms with E-state index in [0.717, 1.165) is 5.56 Å². The molecule has 1 aliphatic rings. The summed E-state index contributed by atoms with van der Waals surface area (Å²) in [4.78, 5) is 24.7. The Balaban J connectivity index is 1.91. The van der Waals surface area contributed by atoms with Crippen LogP contribution in [0.1, 0.15) is 36.9 Å². The van der Waals surface area contributed by atoms with Crippen molar-refractivity contribution in [2.24, 2.45) is 5.92 Å². The third-order valence-electron chi connectivity index (χ3n) is 4.15. The molecule has 1 heterocycles. The fraction of sp³-hybridized carbons (Fsp3) is 0.500. The number of carboxylic acid groups (broad SMARTS) is 1. The van der Waals surface area contributed by atoms with Gasteiger partial charge >= 0.3 is 12.0 Å². The average Bonchev–Trinajstić information content (AvgIpc) is 2.50. The van der Waals surface area contributed by atoms with E-state index in [1.807, 2.05) is 6.92 Å². The maximum Gasteiger partial charge on any atom is 0.317 e. The number of carbonyl (C=O) groups is 2. The smallest absolute Gasteiger partial charge is 0.317 e. The van der Waals surface area contributed by atoms with Crippen molar-refractivity contribution >= 4 is 12.0 Å². The van der Waals surface area contributed by atoms with Crippen LogP contribution in [0.2, 0.25) is 0 Å². The number of nitrogens with zero attached hydrogens (tertiary/aromatic N) is 1. The summed E-state index contributed by atoms with van der Waals surface area (Å²) in [6.07, 6.45) is 0.958. The number of carbonyl (C=O) groups excluding carboxylic acids is 1. The van der Waals surface area contributed by atoms with Crippen molar-refractivity contribution < 1.29 is 19.1 Å². The van der Waals surface area contributed by atoms with Gasteiger partial charge in [-0.25, -0.2) is 9.18 Å². The maximum absolute atomic E-state index is 13.3. The Hall–Kier alpha value is -2.11. The summed E-state index contributed by atoms with van der Waals surface area (Å²) in [5.41, 5.74) is 1.38. The highest BCUT2D eigenvalue weighted by Gasteiger charge is 2.27. The van der Waals surface area contributed by atoms with E-state index in [9.17, 15) is 14.0 Å². The van der Waals surface area contributed by atoms with Crippen molar-refractivity contribution in [3.63, 3.8) is 0 Å². The predicted octanol–water partition coefficient (Wildman–Crippen LogP) is 2.70. The summed E-state index contributed by atoms with van der Waals surface area (Å²) in [6.45, 7) is 4.41. The Labute approximate surface area is 129 Å². The zero-order valence-electron chi connectivity index (χ0n) is 12.8. The van der Waals surface area contributed by atoms with Crippen molar-refractivity contribution in [3.8, 4) is 0 Å². The highest BCUT2D eigenvalue weighted by molar-refractivity contribution is 5.75. The van der Waals surface area contributed by atoms with Gasteiger partial charge in [-0.05, 0) is 43.9 Å². The third kappa shape index (κ3) is 3.75. The summed E-state index contributed by atoms with van der Waals surface area (Å²) in [6, 6.07) is 4.33. The molecule has 0 saturated carbocycles. The van der Waals surface area contributed by atoms with Gasteiger partial charge in [0.25, 0.3) is 0 Å². The molecule has 0 radical (unpaired) electrons. The van der Waals surface area contributed by atoms with Gasteiger partial charge in [-0.2, -0.15) is 0 Å². The molecule has 1 fully saturated rings. The zero-order chi connectivity index (χ0) is 16.3. The van der Waals surface area contributed by atoms with Crippen LogP contribution < -0.4 is 5.32 Å². The van der Waals surface area contributed by atoms with Crippen molar-refractivity contribution in [2.75, 3.05) is 13.1 Å². The highest BCUT2D eigenvalue weighted by Crippen LogP contribution is 2.19. The van der Waals surface area contributed by atoms with Gasteiger partial charge in [-0.3, -0.25) is 4.79 Å². The molecular formula is C16H21FN2O3. The summed E-state index contributed by atoms with van der Waals surface area (Å²) in [7, 11) is 0. The van der Waals surface area contributed by atoms with Gasteiger partial charge in [0.2, 0.25) is 0 Å². The van der Waals surface area contributed by atoms with E-state index < -0.39 is 5.97 Å². The minimum Gasteiger partial charge on any atom is -0.481 e. The minimum atomic E-state index is -0.796. The molecule has 1 aliphatic heterocycles. The van der Waals surface area contributed by atoms with Crippen LogP contribution in [0.15, 0.2) is 18.2 Å². The van der Waals surface area contributed by atoms with Crippen molar-refractivity contribution in [1.29, 1.82) is 0 Å². The fourth-order valence-corrected chi connectivity index (χ4v) is 2.63. The molecule has 1 aromatic rings. The molecule has 1 aromatic carbocycles. The van der Waals surface area contributed by atoms with Gasteiger partial charge in [0, 0.05) is 13.1 Å². The second-order valence-corrected chi connectivity index (χ2v) is 5.78. The molecule has 6 heteroatoms. The topological polar surface area (TPSA) is 69.6 Å². The molecule has 1 atom stereocenters. The molecule has 0 aliphatic carbocycles. The van der Waals surface area contributed by atoms with Crippen LogP contribution in [0.5, 0.6) is 0 Å². The molecule has 2 rings (SSSR count). The minimum absolute atomic E-state index is 0.210. The van der Waals surface area contributed by atoms with Crippen LogP contribution in [-0.2, 0) is 4.79 Å². The first kappa shape index (κ1) is 16.3. The largest absolute Gasteiger partial charge is 0.481 e. The van der Waals surface area contributed by atoms with Gasteiger partial charge in [-0.15, -0.1) is 0 Å². The zero-order valence-corrected chi connectivity index (χ0v) is 12.8. The molecule has 22 heavy (non-hydrogen) atoms. The lowest BCUT2D eigenvalue weighted by Gasteiger charge is -2.31. The summed E-state index contributed by atoms with van der Waals surface area (Å²) in [5.74, 6) is -1.42. The van der Waals surface area contributed by atoms with Gasteiger partial charge in [0.1, 0.15) is 5.82 Å². The lowest BCUT2D eigenvalue weighted by molar-refractivity contribution is -0.143. The Bertz CT molecular complexity index is 569. The average molecular weight is 308 g/mol. The Morgan fingerprint density at radius 1 is 1.36 bits per heavy atom. The molecule has 0 unspecified atom stereocenters. The van der Waals surface area contributed by atoms with Crippen molar-refractivity contribution in [3.05, 3.63) is 35.1 Å². The number of halogens is 1. The summed E-state index contributed by atoms with van der Waals surface area (Å²) >= 11 is 0. The number of hydrogen-bond donors (Lipinski definition) is 2. The third-order valence-corrected chi connectivity index (χ3v) is 4.15. The second-order valence-electron chi connectivity index (χ2n) is 5.78. The van der Waals surface area contributed by atoms with E-state index in [1.165, 1.54) is 6.07 Å². The van der Waals surface area contributed by atoms with Crippen LogP contribution in [0.3, 0.4) is 0 Å². The molecule has 2 amide bonds. The number of aryl methyl sites for hydroxylation is 1. The highest BCUT2D eigenvalue weighted by atomic mass is 19.1. The number of likely N-dealkylation sites (tertiary alicyclic amines) is 1. The van der Waals surface area contributed by atoms with Crippen LogP contribution in [0.4, 0.5) is 9.18 Å². The van der Waals surface area contributed by atoms with Crippen LogP contribution in [-0.4, -0.2) is 35.1 Å². The fourth-order valence-electron chi connectivity index (χ4n) is 2.63. The van der Waals surface area contributed by atoms with E-state index in [4.69, 9.17) is 5.11 Å². The second kappa shape index (κ2) is 6.77. The number of aliphatic carboxylic acids is 1. The molecule has 0 spiro atoms. The Kier molecular flexibility index (Phi) is 5.00. The number of nitrogens with one attached hydrogen (secondary N) is 1. The monoisotopic (exact) mass is 308 g/mol. The van der Waals surface area contributed by atoms with Crippen LogP contribution >= 0.6 is 0 Å². The maximum atomic E-state index is 13.3. The summed E-state index contributed by atoms with van der Waals surface area (Å²) in [5, 5.41) is 11.8. The summed E-state index contributed by atoms with van der Waals surface area (Å²) < 4.78 is 13.3. The lowest BCUT2D eigenvalue weighted by atomic mass is 9.97. The van der Waals surface area contributed by atoms with Gasteiger partial charge < -0.3 is 15.3 Å².